The summed E-state index contributed by atoms with van der Waals surface area (Å²) in [4.78, 5) is 13.2. The zero-order valence-corrected chi connectivity index (χ0v) is 11.0. The van der Waals surface area contributed by atoms with Crippen molar-refractivity contribution in [2.45, 2.75) is 20.4 Å². The number of phenols is 2. The van der Waals surface area contributed by atoms with Crippen molar-refractivity contribution in [2.24, 2.45) is 0 Å². The number of phenolic OH excluding ortho intramolecular Hbond substituents is 2. The first kappa shape index (κ1) is 12.6. The zero-order chi connectivity index (χ0) is 13.3. The molecular formula is C13H14NO3S+. The van der Waals surface area contributed by atoms with Crippen molar-refractivity contribution in [3.63, 3.8) is 0 Å². The third-order valence-electron chi connectivity index (χ3n) is 2.91. The van der Waals surface area contributed by atoms with Gasteiger partial charge in [-0.15, -0.1) is 0 Å². The summed E-state index contributed by atoms with van der Waals surface area (Å²) in [5.74, 6) is -0.595. The van der Waals surface area contributed by atoms with E-state index in [0.29, 0.717) is 5.56 Å². The Kier molecular flexibility index (Phi) is 3.34. The van der Waals surface area contributed by atoms with Gasteiger partial charge in [0.2, 0.25) is 17.8 Å². The third kappa shape index (κ3) is 2.36. The van der Waals surface area contributed by atoms with Gasteiger partial charge in [-0.3, -0.25) is 4.79 Å². The number of aromatic nitrogens is 1. The van der Waals surface area contributed by atoms with Crippen LogP contribution < -0.4 is 4.57 Å². The molecule has 0 spiro atoms. The fourth-order valence-corrected chi connectivity index (χ4v) is 2.41. The summed E-state index contributed by atoms with van der Waals surface area (Å²) in [5, 5.41) is 18.6. The minimum atomic E-state index is -0.274. The van der Waals surface area contributed by atoms with E-state index >= 15 is 0 Å². The van der Waals surface area contributed by atoms with Gasteiger partial charge in [0.25, 0.3) is 0 Å². The van der Waals surface area contributed by atoms with Crippen LogP contribution in [0.2, 0.25) is 0 Å². The Morgan fingerprint density at radius 1 is 1.28 bits per heavy atom. The van der Waals surface area contributed by atoms with Gasteiger partial charge in [-0.2, -0.15) is 4.57 Å². The Morgan fingerprint density at radius 3 is 2.56 bits per heavy atom. The van der Waals surface area contributed by atoms with E-state index in [9.17, 15) is 15.0 Å². The van der Waals surface area contributed by atoms with Gasteiger partial charge in [-0.05, 0) is 25.1 Å². The van der Waals surface area contributed by atoms with Crippen molar-refractivity contribution in [3.05, 3.63) is 39.8 Å². The van der Waals surface area contributed by atoms with Crippen LogP contribution in [-0.2, 0) is 6.54 Å². The van der Waals surface area contributed by atoms with Crippen LogP contribution in [0.25, 0.3) is 0 Å². The molecule has 0 bridgehead atoms. The lowest BCUT2D eigenvalue weighted by Crippen LogP contribution is -2.38. The summed E-state index contributed by atoms with van der Waals surface area (Å²) in [5.41, 5.74) is 3.36. The molecule has 1 aromatic carbocycles. The Balaban J connectivity index is 2.22. The van der Waals surface area contributed by atoms with E-state index in [0.717, 1.165) is 5.69 Å². The Bertz CT molecular complexity index is 604. The van der Waals surface area contributed by atoms with Crippen LogP contribution in [0.4, 0.5) is 0 Å². The number of carbonyl (C=O) groups excluding carboxylic acids is 1. The predicted molar refractivity (Wildman–Crippen MR) is 68.1 cm³/mol. The maximum Gasteiger partial charge on any atom is 0.227 e. The minimum Gasteiger partial charge on any atom is -0.504 e. The summed E-state index contributed by atoms with van der Waals surface area (Å²) >= 11 is 1.60. The summed E-state index contributed by atoms with van der Waals surface area (Å²) in [6.07, 6.45) is 0. The first-order valence-electron chi connectivity index (χ1n) is 5.48. The summed E-state index contributed by atoms with van der Waals surface area (Å²) in [6, 6.07) is 4.11. The lowest BCUT2D eigenvalue weighted by atomic mass is 10.1. The predicted octanol–water partition coefficient (Wildman–Crippen LogP) is 1.95. The maximum atomic E-state index is 12.0. The number of thiazole rings is 1. The lowest BCUT2D eigenvalue weighted by Gasteiger charge is -2.01. The third-order valence-corrected chi connectivity index (χ3v) is 3.92. The van der Waals surface area contributed by atoms with Crippen molar-refractivity contribution >= 4 is 17.1 Å². The lowest BCUT2D eigenvalue weighted by molar-refractivity contribution is -0.684. The molecule has 2 rings (SSSR count). The molecular weight excluding hydrogens is 250 g/mol. The molecule has 1 heterocycles. The van der Waals surface area contributed by atoms with Crippen LogP contribution in [0, 0.1) is 13.8 Å². The monoisotopic (exact) mass is 264 g/mol. The summed E-state index contributed by atoms with van der Waals surface area (Å²) in [7, 11) is 0. The maximum absolute atomic E-state index is 12.0. The number of rotatable bonds is 3. The molecule has 0 aliphatic heterocycles. The van der Waals surface area contributed by atoms with Gasteiger partial charge in [0.1, 0.15) is 0 Å². The smallest absolute Gasteiger partial charge is 0.227 e. The Labute approximate surface area is 109 Å². The number of hydrogen-bond acceptors (Lipinski definition) is 4. The van der Waals surface area contributed by atoms with Gasteiger partial charge in [-0.25, -0.2) is 0 Å². The SMILES string of the molecule is Cc1sc[n+](CC(=O)c2ccc(O)c(O)c2)c1C. The molecule has 0 saturated carbocycles. The number of carbonyl (C=O) groups is 1. The number of nitrogens with zero attached hydrogens (tertiary/aromatic N) is 1. The van der Waals surface area contributed by atoms with Crippen molar-refractivity contribution in [1.82, 2.24) is 0 Å². The molecule has 0 aliphatic carbocycles. The van der Waals surface area contributed by atoms with Gasteiger partial charge >= 0.3 is 0 Å². The molecule has 0 radical (unpaired) electrons. The van der Waals surface area contributed by atoms with E-state index in [1.165, 1.54) is 23.1 Å². The molecule has 0 fully saturated rings. The zero-order valence-electron chi connectivity index (χ0n) is 10.2. The molecule has 4 nitrogen and oxygen atoms in total. The normalized spacial score (nSPS) is 10.6. The first-order valence-corrected chi connectivity index (χ1v) is 6.36. The van der Waals surface area contributed by atoms with Gasteiger partial charge in [-0.1, -0.05) is 11.3 Å². The average molecular weight is 264 g/mol. The molecule has 2 N–H and O–H groups in total. The second-order valence-corrected chi connectivity index (χ2v) is 5.18. The number of ketones is 1. The van der Waals surface area contributed by atoms with Gasteiger partial charge in [0, 0.05) is 12.5 Å². The van der Waals surface area contributed by atoms with E-state index in [-0.39, 0.29) is 23.8 Å². The number of aromatic hydroxyl groups is 2. The molecule has 0 unspecified atom stereocenters. The largest absolute Gasteiger partial charge is 0.504 e. The van der Waals surface area contributed by atoms with E-state index in [1.54, 1.807) is 11.3 Å². The van der Waals surface area contributed by atoms with E-state index < -0.39 is 0 Å². The van der Waals surface area contributed by atoms with E-state index in [1.807, 2.05) is 23.9 Å². The van der Waals surface area contributed by atoms with Crippen LogP contribution >= 0.6 is 11.3 Å². The molecule has 0 atom stereocenters. The molecule has 1 aromatic heterocycles. The van der Waals surface area contributed by atoms with E-state index in [4.69, 9.17) is 0 Å². The highest BCUT2D eigenvalue weighted by Gasteiger charge is 2.18. The topological polar surface area (TPSA) is 61.4 Å². The van der Waals surface area contributed by atoms with Crippen LogP contribution in [0.1, 0.15) is 20.9 Å². The molecule has 18 heavy (non-hydrogen) atoms. The highest BCUT2D eigenvalue weighted by molar-refractivity contribution is 7.09. The van der Waals surface area contributed by atoms with Crippen molar-refractivity contribution < 1.29 is 19.6 Å². The van der Waals surface area contributed by atoms with Crippen LogP contribution in [0.5, 0.6) is 11.5 Å². The fourth-order valence-electron chi connectivity index (χ4n) is 1.61. The molecule has 94 valence electrons. The molecule has 0 aliphatic rings. The number of benzene rings is 1. The second kappa shape index (κ2) is 4.78. The molecule has 5 heteroatoms. The quantitative estimate of drug-likeness (QED) is 0.506. The fraction of sp³-hybridized carbons (Fsp3) is 0.231. The van der Waals surface area contributed by atoms with Gasteiger partial charge < -0.3 is 10.2 Å². The highest BCUT2D eigenvalue weighted by atomic mass is 32.1. The summed E-state index contributed by atoms with van der Waals surface area (Å²) in [6.45, 7) is 4.21. The standard InChI is InChI=1S/C13H13NO3S/c1-8-9(2)18-7-14(8)6-13(17)10-3-4-11(15)12(16)5-10/h3-5,7H,6H2,1-2H3,(H-,15,16,17)/p+1. The Morgan fingerprint density at radius 2 is 2.00 bits per heavy atom. The Hall–Kier alpha value is -1.88. The van der Waals surface area contributed by atoms with Crippen LogP contribution in [-0.4, -0.2) is 16.0 Å². The van der Waals surface area contributed by atoms with Crippen molar-refractivity contribution in [1.29, 1.82) is 0 Å². The molecule has 0 amide bonds. The summed E-state index contributed by atoms with van der Waals surface area (Å²) < 4.78 is 1.88. The highest BCUT2D eigenvalue weighted by Crippen LogP contribution is 2.25. The van der Waals surface area contributed by atoms with Crippen molar-refractivity contribution in [2.75, 3.05) is 0 Å². The van der Waals surface area contributed by atoms with Gasteiger partial charge in [0.05, 0.1) is 4.88 Å². The van der Waals surface area contributed by atoms with Crippen molar-refractivity contribution in [3.8, 4) is 11.5 Å². The molecule has 2 aromatic rings. The average Bonchev–Trinajstić information content (AvgIpc) is 2.64. The molecule has 0 saturated heterocycles. The number of aryl methyl sites for hydroxylation is 1. The minimum absolute atomic E-state index is 0.101. The van der Waals surface area contributed by atoms with Gasteiger partial charge in [0.15, 0.2) is 17.2 Å². The number of hydrogen-bond donors (Lipinski definition) is 2. The van der Waals surface area contributed by atoms with Crippen LogP contribution in [0.3, 0.4) is 0 Å². The van der Waals surface area contributed by atoms with E-state index in [2.05, 4.69) is 0 Å². The van der Waals surface area contributed by atoms with Crippen LogP contribution in [0.15, 0.2) is 23.7 Å². The number of Topliss-reactive ketones (excluding diaryl/α,β-unsaturated/α-hetero) is 1. The second-order valence-electron chi connectivity index (χ2n) is 4.12. The first-order chi connectivity index (χ1) is 8.49.